The van der Waals surface area contributed by atoms with E-state index in [2.05, 4.69) is 5.32 Å². The molecule has 4 nitrogen and oxygen atoms in total. The van der Waals surface area contributed by atoms with Crippen molar-refractivity contribution in [1.82, 2.24) is 5.32 Å². The van der Waals surface area contributed by atoms with Gasteiger partial charge in [-0.25, -0.2) is 0 Å². The maximum atomic E-state index is 12.1. The van der Waals surface area contributed by atoms with E-state index < -0.39 is 0 Å². The van der Waals surface area contributed by atoms with Crippen LogP contribution >= 0.6 is 0 Å². The fourth-order valence-corrected chi connectivity index (χ4v) is 2.98. The van der Waals surface area contributed by atoms with Crippen LogP contribution in [0, 0.1) is 0 Å². The molecule has 0 spiro atoms. The van der Waals surface area contributed by atoms with E-state index in [-0.39, 0.29) is 5.91 Å². The molecule has 0 radical (unpaired) electrons. The first-order valence-corrected chi connectivity index (χ1v) is 8.70. The largest absolute Gasteiger partial charge is 0.492 e. The third-order valence-corrected chi connectivity index (χ3v) is 4.21. The second-order valence-corrected chi connectivity index (χ2v) is 6.11. The summed E-state index contributed by atoms with van der Waals surface area (Å²) < 4.78 is 5.41. The Balaban J connectivity index is 1.88. The van der Waals surface area contributed by atoms with Gasteiger partial charge in [-0.05, 0) is 43.5 Å². The van der Waals surface area contributed by atoms with E-state index in [4.69, 9.17) is 10.5 Å². The van der Waals surface area contributed by atoms with E-state index in [1.54, 1.807) is 12.2 Å². The van der Waals surface area contributed by atoms with Crippen LogP contribution in [0.1, 0.15) is 57.4 Å². The SMILES string of the molecule is CCOc1ccc(/C=C\C(=O)NC2CCCCCCC2)cc1N. The van der Waals surface area contributed by atoms with Gasteiger partial charge in [0.15, 0.2) is 0 Å². The normalized spacial score (nSPS) is 16.7. The second-order valence-electron chi connectivity index (χ2n) is 6.11. The van der Waals surface area contributed by atoms with E-state index in [0.29, 0.717) is 24.1 Å². The van der Waals surface area contributed by atoms with Crippen molar-refractivity contribution in [3.8, 4) is 5.75 Å². The van der Waals surface area contributed by atoms with Crippen molar-refractivity contribution in [2.45, 2.75) is 57.9 Å². The molecule has 0 heterocycles. The van der Waals surface area contributed by atoms with Gasteiger partial charge < -0.3 is 15.8 Å². The zero-order valence-electron chi connectivity index (χ0n) is 14.0. The number of hydrogen-bond donors (Lipinski definition) is 2. The lowest BCUT2D eigenvalue weighted by Gasteiger charge is -2.20. The number of anilines is 1. The maximum absolute atomic E-state index is 12.1. The summed E-state index contributed by atoms with van der Waals surface area (Å²) in [6.45, 7) is 2.51. The highest BCUT2D eigenvalue weighted by Crippen LogP contribution is 2.23. The second kappa shape index (κ2) is 9.23. The lowest BCUT2D eigenvalue weighted by molar-refractivity contribution is -0.117. The van der Waals surface area contributed by atoms with E-state index >= 15 is 0 Å². The summed E-state index contributed by atoms with van der Waals surface area (Å²) in [5, 5.41) is 3.12. The topological polar surface area (TPSA) is 64.3 Å². The Morgan fingerprint density at radius 3 is 2.61 bits per heavy atom. The number of carbonyl (C=O) groups excluding carboxylic acids is 1. The molecule has 1 aromatic carbocycles. The Kier molecular flexibility index (Phi) is 6.98. The van der Waals surface area contributed by atoms with Gasteiger partial charge in [-0.1, -0.05) is 38.2 Å². The van der Waals surface area contributed by atoms with Crippen molar-refractivity contribution in [2.24, 2.45) is 0 Å². The Morgan fingerprint density at radius 1 is 1.26 bits per heavy atom. The Hall–Kier alpha value is -1.97. The Bertz CT molecular complexity index is 532. The molecule has 3 N–H and O–H groups in total. The molecule has 0 unspecified atom stereocenters. The summed E-state index contributed by atoms with van der Waals surface area (Å²) in [6.07, 6.45) is 11.9. The Morgan fingerprint density at radius 2 is 1.96 bits per heavy atom. The molecule has 0 atom stereocenters. The molecule has 1 amide bonds. The predicted octanol–water partition coefficient (Wildman–Crippen LogP) is 3.91. The highest BCUT2D eigenvalue weighted by atomic mass is 16.5. The van der Waals surface area contributed by atoms with Gasteiger partial charge in [0.25, 0.3) is 0 Å². The average Bonchev–Trinajstić information content (AvgIpc) is 2.50. The minimum Gasteiger partial charge on any atom is -0.492 e. The molecule has 4 heteroatoms. The summed E-state index contributed by atoms with van der Waals surface area (Å²) in [7, 11) is 0. The van der Waals surface area contributed by atoms with Gasteiger partial charge in [0.05, 0.1) is 12.3 Å². The number of benzene rings is 1. The molecule has 0 saturated heterocycles. The summed E-state index contributed by atoms with van der Waals surface area (Å²) in [4.78, 5) is 12.1. The number of hydrogen-bond acceptors (Lipinski definition) is 3. The minimum atomic E-state index is -0.0250. The van der Waals surface area contributed by atoms with E-state index in [1.807, 2.05) is 25.1 Å². The number of carbonyl (C=O) groups is 1. The predicted molar refractivity (Wildman–Crippen MR) is 95.3 cm³/mol. The number of nitrogens with one attached hydrogen (secondary N) is 1. The monoisotopic (exact) mass is 316 g/mol. The standard InChI is InChI=1S/C19H28N2O2/c1-2-23-18-12-10-15(14-17(18)20)11-13-19(22)21-16-8-6-4-3-5-7-9-16/h10-14,16H,2-9,20H2,1H3,(H,21,22)/b13-11-. The number of ether oxygens (including phenoxy) is 1. The number of amides is 1. The zero-order chi connectivity index (χ0) is 16.5. The van der Waals surface area contributed by atoms with Crippen molar-refractivity contribution in [1.29, 1.82) is 0 Å². The molecule has 0 aromatic heterocycles. The van der Waals surface area contributed by atoms with Gasteiger partial charge in [-0.2, -0.15) is 0 Å². The maximum Gasteiger partial charge on any atom is 0.244 e. The number of rotatable bonds is 5. The van der Waals surface area contributed by atoms with Gasteiger partial charge in [-0.15, -0.1) is 0 Å². The Labute approximate surface area is 139 Å². The first kappa shape index (κ1) is 17.4. The lowest BCUT2D eigenvalue weighted by Crippen LogP contribution is -2.34. The minimum absolute atomic E-state index is 0.0250. The molecule has 1 aromatic rings. The van der Waals surface area contributed by atoms with Crippen molar-refractivity contribution >= 4 is 17.7 Å². The van der Waals surface area contributed by atoms with E-state index in [0.717, 1.165) is 18.4 Å². The van der Waals surface area contributed by atoms with Gasteiger partial charge in [0.2, 0.25) is 5.91 Å². The molecule has 1 aliphatic rings. The van der Waals surface area contributed by atoms with Gasteiger partial charge in [0, 0.05) is 12.1 Å². The molecular weight excluding hydrogens is 288 g/mol. The van der Waals surface area contributed by atoms with Crippen molar-refractivity contribution < 1.29 is 9.53 Å². The lowest BCUT2D eigenvalue weighted by atomic mass is 9.97. The molecule has 126 valence electrons. The van der Waals surface area contributed by atoms with Crippen LogP contribution in [-0.2, 0) is 4.79 Å². The van der Waals surface area contributed by atoms with E-state index in [9.17, 15) is 4.79 Å². The van der Waals surface area contributed by atoms with Crippen LogP contribution in [0.4, 0.5) is 5.69 Å². The molecule has 23 heavy (non-hydrogen) atoms. The fourth-order valence-electron chi connectivity index (χ4n) is 2.98. The first-order valence-electron chi connectivity index (χ1n) is 8.70. The quantitative estimate of drug-likeness (QED) is 0.639. The van der Waals surface area contributed by atoms with Crippen molar-refractivity contribution in [3.63, 3.8) is 0 Å². The number of nitrogen functional groups attached to an aromatic ring is 1. The zero-order valence-corrected chi connectivity index (χ0v) is 14.0. The van der Waals surface area contributed by atoms with Crippen LogP contribution < -0.4 is 15.8 Å². The molecule has 0 aliphatic heterocycles. The van der Waals surface area contributed by atoms with Crippen molar-refractivity contribution in [3.05, 3.63) is 29.8 Å². The number of nitrogens with two attached hydrogens (primary N) is 1. The van der Waals surface area contributed by atoms with Crippen LogP contribution in [-0.4, -0.2) is 18.6 Å². The van der Waals surface area contributed by atoms with E-state index in [1.165, 1.54) is 32.1 Å². The third-order valence-electron chi connectivity index (χ3n) is 4.21. The summed E-state index contributed by atoms with van der Waals surface area (Å²) in [5.74, 6) is 0.659. The average molecular weight is 316 g/mol. The van der Waals surface area contributed by atoms with Gasteiger partial charge in [0.1, 0.15) is 5.75 Å². The molecule has 1 fully saturated rings. The van der Waals surface area contributed by atoms with Crippen LogP contribution in [0.25, 0.3) is 6.08 Å². The molecule has 0 bridgehead atoms. The summed E-state index contributed by atoms with van der Waals surface area (Å²) in [5.41, 5.74) is 7.43. The molecule has 1 aliphatic carbocycles. The van der Waals surface area contributed by atoms with Crippen molar-refractivity contribution in [2.75, 3.05) is 12.3 Å². The van der Waals surface area contributed by atoms with Gasteiger partial charge >= 0.3 is 0 Å². The molecule has 1 saturated carbocycles. The van der Waals surface area contributed by atoms with Crippen LogP contribution in [0.15, 0.2) is 24.3 Å². The van der Waals surface area contributed by atoms with Crippen LogP contribution in [0.2, 0.25) is 0 Å². The van der Waals surface area contributed by atoms with Crippen LogP contribution in [0.5, 0.6) is 5.75 Å². The highest BCUT2D eigenvalue weighted by molar-refractivity contribution is 5.92. The highest BCUT2D eigenvalue weighted by Gasteiger charge is 2.12. The molecule has 2 rings (SSSR count). The van der Waals surface area contributed by atoms with Crippen LogP contribution in [0.3, 0.4) is 0 Å². The third kappa shape index (κ3) is 5.97. The smallest absolute Gasteiger partial charge is 0.244 e. The fraction of sp³-hybridized carbons (Fsp3) is 0.526. The summed E-state index contributed by atoms with van der Waals surface area (Å²) in [6, 6.07) is 5.88. The summed E-state index contributed by atoms with van der Waals surface area (Å²) >= 11 is 0. The molecular formula is C19H28N2O2. The van der Waals surface area contributed by atoms with Gasteiger partial charge in [-0.3, -0.25) is 4.79 Å². The first-order chi connectivity index (χ1) is 11.2.